The van der Waals surface area contributed by atoms with Gasteiger partial charge in [0.1, 0.15) is 0 Å². The number of aromatic nitrogens is 2. The molecule has 2 unspecified atom stereocenters. The van der Waals surface area contributed by atoms with Gasteiger partial charge in [-0.3, -0.25) is 14.9 Å². The van der Waals surface area contributed by atoms with Crippen LogP contribution in [0.15, 0.2) is 64.2 Å². The lowest BCUT2D eigenvalue weighted by Gasteiger charge is -2.10. The van der Waals surface area contributed by atoms with Crippen LogP contribution in [0.25, 0.3) is 0 Å². The van der Waals surface area contributed by atoms with Crippen molar-refractivity contribution in [2.45, 2.75) is 36.7 Å². The Kier molecular flexibility index (Phi) is 6.61. The molecule has 150 valence electrons. The molecule has 3 rings (SSSR count). The third kappa shape index (κ3) is 5.64. The quantitative estimate of drug-likeness (QED) is 0.331. The molecule has 0 aliphatic rings. The number of carbonyl (C=O) groups is 1. The Balaban J connectivity index is 1.54. The summed E-state index contributed by atoms with van der Waals surface area (Å²) in [6, 6.07) is 15.7. The molecule has 0 aliphatic carbocycles. The Morgan fingerprint density at radius 1 is 1.14 bits per heavy atom. The maximum absolute atomic E-state index is 12.3. The van der Waals surface area contributed by atoms with Gasteiger partial charge in [0.15, 0.2) is 0 Å². The molecule has 3 aromatic rings. The van der Waals surface area contributed by atoms with E-state index in [2.05, 4.69) is 34.6 Å². The van der Waals surface area contributed by atoms with Gasteiger partial charge in [0.05, 0.1) is 10.2 Å². The van der Waals surface area contributed by atoms with E-state index in [4.69, 9.17) is 4.42 Å². The summed E-state index contributed by atoms with van der Waals surface area (Å²) in [4.78, 5) is 22.5. The molecule has 29 heavy (non-hydrogen) atoms. The molecule has 0 saturated carbocycles. The summed E-state index contributed by atoms with van der Waals surface area (Å²) in [5.41, 5.74) is 1.64. The monoisotopic (exact) mass is 412 g/mol. The molecule has 2 aromatic carbocycles. The summed E-state index contributed by atoms with van der Waals surface area (Å²) in [6.45, 7) is 3.81. The molecule has 1 heterocycles. The van der Waals surface area contributed by atoms with Crippen LogP contribution in [0.2, 0.25) is 0 Å². The lowest BCUT2D eigenvalue weighted by Crippen LogP contribution is -2.22. The van der Waals surface area contributed by atoms with Crippen molar-refractivity contribution < 1.29 is 14.1 Å². The van der Waals surface area contributed by atoms with Crippen LogP contribution in [0, 0.1) is 10.1 Å². The van der Waals surface area contributed by atoms with Gasteiger partial charge in [-0.25, -0.2) is 0 Å². The van der Waals surface area contributed by atoms with E-state index in [0.29, 0.717) is 23.2 Å². The largest absolute Gasteiger partial charge is 0.416 e. The van der Waals surface area contributed by atoms with E-state index in [1.165, 1.54) is 29.8 Å². The predicted octanol–water partition coefficient (Wildman–Crippen LogP) is 4.44. The van der Waals surface area contributed by atoms with Crippen molar-refractivity contribution in [1.82, 2.24) is 10.2 Å². The number of nitrogens with zero attached hydrogens (tertiary/aromatic N) is 3. The number of nitro benzene ring substituents is 1. The number of non-ortho nitro benzene ring substituents is 1. The first kappa shape index (κ1) is 20.5. The maximum Gasteiger partial charge on any atom is 0.277 e. The standard InChI is InChI=1S/C20H20N4O4S/c1-13(15-6-4-3-5-7-15)12-18-22-23-20(28-18)29-14(2)19(25)21-16-8-10-17(11-9-16)24(26)27/h3-11,13-14H,12H2,1-2H3,(H,21,25). The zero-order valence-corrected chi connectivity index (χ0v) is 16.8. The number of amides is 1. The second-order valence-corrected chi connectivity index (χ2v) is 7.82. The van der Waals surface area contributed by atoms with Gasteiger partial charge in [0.2, 0.25) is 11.8 Å². The summed E-state index contributed by atoms with van der Waals surface area (Å²) in [6.07, 6.45) is 0.612. The third-order valence-electron chi connectivity index (χ3n) is 4.29. The van der Waals surface area contributed by atoms with Crippen molar-refractivity contribution in [3.63, 3.8) is 0 Å². The number of benzene rings is 2. The molecular weight excluding hydrogens is 392 g/mol. The van der Waals surface area contributed by atoms with Crippen LogP contribution in [0.3, 0.4) is 0 Å². The minimum atomic E-state index is -0.490. The summed E-state index contributed by atoms with van der Waals surface area (Å²) in [5.74, 6) is 0.491. The minimum Gasteiger partial charge on any atom is -0.416 e. The van der Waals surface area contributed by atoms with Gasteiger partial charge < -0.3 is 9.73 Å². The normalized spacial score (nSPS) is 12.9. The lowest BCUT2D eigenvalue weighted by molar-refractivity contribution is -0.384. The average molecular weight is 412 g/mol. The molecular formula is C20H20N4O4S. The summed E-state index contributed by atoms with van der Waals surface area (Å²) >= 11 is 1.16. The molecule has 8 nitrogen and oxygen atoms in total. The Bertz CT molecular complexity index is 976. The average Bonchev–Trinajstić information content (AvgIpc) is 3.15. The van der Waals surface area contributed by atoms with Gasteiger partial charge in [-0.05, 0) is 30.5 Å². The van der Waals surface area contributed by atoms with E-state index in [1.54, 1.807) is 6.92 Å². The van der Waals surface area contributed by atoms with E-state index < -0.39 is 10.2 Å². The second kappa shape index (κ2) is 9.33. The van der Waals surface area contributed by atoms with Gasteiger partial charge in [-0.15, -0.1) is 10.2 Å². The third-order valence-corrected chi connectivity index (χ3v) is 5.22. The lowest BCUT2D eigenvalue weighted by atomic mass is 9.98. The first-order chi connectivity index (χ1) is 13.9. The molecule has 0 radical (unpaired) electrons. The summed E-state index contributed by atoms with van der Waals surface area (Å²) < 4.78 is 5.67. The fraction of sp³-hybridized carbons (Fsp3) is 0.250. The molecule has 1 N–H and O–H groups in total. The highest BCUT2D eigenvalue weighted by Crippen LogP contribution is 2.26. The number of hydrogen-bond donors (Lipinski definition) is 1. The first-order valence-corrected chi connectivity index (χ1v) is 9.89. The second-order valence-electron chi connectivity index (χ2n) is 6.53. The number of nitrogens with one attached hydrogen (secondary N) is 1. The fourth-order valence-corrected chi connectivity index (χ4v) is 3.35. The number of anilines is 1. The summed E-state index contributed by atoms with van der Waals surface area (Å²) in [5, 5.41) is 21.3. The molecule has 0 spiro atoms. The molecule has 9 heteroatoms. The topological polar surface area (TPSA) is 111 Å². The van der Waals surface area contributed by atoms with Crippen LogP contribution in [0.1, 0.15) is 31.2 Å². The highest BCUT2D eigenvalue weighted by molar-refractivity contribution is 8.00. The van der Waals surface area contributed by atoms with Gasteiger partial charge in [0.25, 0.3) is 10.9 Å². The van der Waals surface area contributed by atoms with Crippen LogP contribution < -0.4 is 5.32 Å². The van der Waals surface area contributed by atoms with E-state index in [-0.39, 0.29) is 17.5 Å². The van der Waals surface area contributed by atoms with Gasteiger partial charge >= 0.3 is 0 Å². The van der Waals surface area contributed by atoms with Crippen molar-refractivity contribution in [2.75, 3.05) is 5.32 Å². The number of carbonyl (C=O) groups excluding carboxylic acids is 1. The number of nitro groups is 1. The number of hydrogen-bond acceptors (Lipinski definition) is 7. The maximum atomic E-state index is 12.3. The Morgan fingerprint density at radius 3 is 2.48 bits per heavy atom. The van der Waals surface area contributed by atoms with E-state index in [1.807, 2.05) is 18.2 Å². The number of rotatable bonds is 8. The van der Waals surface area contributed by atoms with Gasteiger partial charge in [-0.2, -0.15) is 0 Å². The Hall–Kier alpha value is -3.20. The van der Waals surface area contributed by atoms with Gasteiger partial charge in [-0.1, -0.05) is 49.0 Å². The zero-order valence-electron chi connectivity index (χ0n) is 15.9. The van der Waals surface area contributed by atoms with Crippen molar-refractivity contribution >= 4 is 29.0 Å². The molecule has 1 aromatic heterocycles. The Labute approximate surface area is 171 Å². The number of thioether (sulfide) groups is 1. The molecule has 0 aliphatic heterocycles. The molecule has 0 bridgehead atoms. The van der Waals surface area contributed by atoms with Crippen LogP contribution in [0.4, 0.5) is 11.4 Å². The molecule has 2 atom stereocenters. The fourth-order valence-electron chi connectivity index (χ4n) is 2.64. The molecule has 0 fully saturated rings. The highest BCUT2D eigenvalue weighted by Gasteiger charge is 2.19. The smallest absolute Gasteiger partial charge is 0.277 e. The van der Waals surface area contributed by atoms with Crippen LogP contribution in [-0.2, 0) is 11.2 Å². The Morgan fingerprint density at radius 2 is 1.83 bits per heavy atom. The minimum absolute atomic E-state index is 0.0338. The first-order valence-electron chi connectivity index (χ1n) is 9.01. The van der Waals surface area contributed by atoms with Crippen molar-refractivity contribution in [3.8, 4) is 0 Å². The van der Waals surface area contributed by atoms with E-state index in [0.717, 1.165) is 11.8 Å². The van der Waals surface area contributed by atoms with Crippen LogP contribution in [0.5, 0.6) is 0 Å². The van der Waals surface area contributed by atoms with E-state index in [9.17, 15) is 14.9 Å². The SMILES string of the molecule is CC(Sc1nnc(CC(C)c2ccccc2)o1)C(=O)Nc1ccc([N+](=O)[O-])cc1. The zero-order chi connectivity index (χ0) is 20.8. The molecule has 0 saturated heterocycles. The van der Waals surface area contributed by atoms with Gasteiger partial charge in [0, 0.05) is 24.2 Å². The summed E-state index contributed by atoms with van der Waals surface area (Å²) in [7, 11) is 0. The van der Waals surface area contributed by atoms with Crippen LogP contribution >= 0.6 is 11.8 Å². The van der Waals surface area contributed by atoms with Crippen molar-refractivity contribution in [2.24, 2.45) is 0 Å². The van der Waals surface area contributed by atoms with Crippen LogP contribution in [-0.4, -0.2) is 26.3 Å². The van der Waals surface area contributed by atoms with Crippen molar-refractivity contribution in [3.05, 3.63) is 76.2 Å². The predicted molar refractivity (Wildman–Crippen MR) is 110 cm³/mol. The highest BCUT2D eigenvalue weighted by atomic mass is 32.2. The van der Waals surface area contributed by atoms with Crippen molar-refractivity contribution in [1.29, 1.82) is 0 Å². The molecule has 1 amide bonds. The van der Waals surface area contributed by atoms with E-state index >= 15 is 0 Å².